The van der Waals surface area contributed by atoms with Gasteiger partial charge < -0.3 is 36.8 Å². The molecule has 0 aromatic rings. The molecule has 32 heavy (non-hydrogen) atoms. The minimum absolute atomic E-state index is 0.356. The molecule has 4 amide bonds. The number of rotatable bonds is 9. The third kappa shape index (κ3) is 9.49. The van der Waals surface area contributed by atoms with Crippen LogP contribution in [0.4, 0.5) is 0 Å². The van der Waals surface area contributed by atoms with Crippen molar-refractivity contribution in [2.24, 2.45) is 16.6 Å². The third-order valence-corrected chi connectivity index (χ3v) is 4.96. The van der Waals surface area contributed by atoms with Crippen LogP contribution < -0.4 is 21.7 Å². The van der Waals surface area contributed by atoms with Gasteiger partial charge in [-0.25, -0.2) is 0 Å². The van der Waals surface area contributed by atoms with Gasteiger partial charge in [-0.05, 0) is 17.8 Å². The summed E-state index contributed by atoms with van der Waals surface area (Å²) in [7, 11) is 3.01. The Morgan fingerprint density at radius 3 is 1.72 bits per heavy atom. The van der Waals surface area contributed by atoms with Crippen molar-refractivity contribution in [1.82, 2.24) is 20.9 Å². The minimum atomic E-state index is -1.82. The van der Waals surface area contributed by atoms with E-state index in [0.29, 0.717) is 0 Å². The van der Waals surface area contributed by atoms with E-state index in [-0.39, 0.29) is 6.42 Å². The number of nitrogens with one attached hydrogen (secondary N) is 3. The lowest BCUT2D eigenvalue weighted by atomic mass is 9.83. The van der Waals surface area contributed by atoms with Gasteiger partial charge in [0.15, 0.2) is 6.29 Å². The topological polar surface area (TPSA) is 174 Å². The van der Waals surface area contributed by atoms with Crippen molar-refractivity contribution in [2.45, 2.75) is 85.3 Å². The molecule has 0 radical (unpaired) electrons. The summed E-state index contributed by atoms with van der Waals surface area (Å²) in [6.07, 6.45) is -2.18. The summed E-state index contributed by atoms with van der Waals surface area (Å²) in [5, 5.41) is 26.0. The monoisotopic (exact) mass is 459 g/mol. The first-order valence-corrected chi connectivity index (χ1v) is 10.5. The molecular weight excluding hydrogens is 418 g/mol. The van der Waals surface area contributed by atoms with Gasteiger partial charge >= 0.3 is 0 Å². The molecule has 0 aliphatic rings. The number of amides is 4. The Morgan fingerprint density at radius 2 is 1.34 bits per heavy atom. The predicted octanol–water partition coefficient (Wildman–Crippen LogP) is -1.33. The molecule has 0 spiro atoms. The van der Waals surface area contributed by atoms with Crippen molar-refractivity contribution in [3.63, 3.8) is 0 Å². The number of hydrogen-bond donors (Lipinski definition) is 6. The van der Waals surface area contributed by atoms with Gasteiger partial charge in [-0.3, -0.25) is 19.2 Å². The highest BCUT2D eigenvalue weighted by Gasteiger charge is 2.38. The summed E-state index contributed by atoms with van der Waals surface area (Å²) < 4.78 is 0. The molecule has 0 fully saturated rings. The van der Waals surface area contributed by atoms with E-state index in [4.69, 9.17) is 5.73 Å². The summed E-state index contributed by atoms with van der Waals surface area (Å²) in [5.41, 5.74) is 4.74. The Labute approximate surface area is 190 Å². The quantitative estimate of drug-likeness (QED) is 0.232. The Bertz CT molecular complexity index is 681. The van der Waals surface area contributed by atoms with Crippen molar-refractivity contribution < 1.29 is 29.4 Å². The molecule has 0 rings (SSSR count). The van der Waals surface area contributed by atoms with E-state index in [9.17, 15) is 29.4 Å². The van der Waals surface area contributed by atoms with Gasteiger partial charge in [0.05, 0.1) is 18.5 Å². The SMILES string of the molecule is C[C@H](NC(=O)[C@H](CC(=O)N(C)C)NC(=O)[C@@H](NC(=O)[C@@H](N)C(C)(C)C)C(C)(C)C)C(O)O. The van der Waals surface area contributed by atoms with Crippen LogP contribution in [0, 0.1) is 10.8 Å². The Balaban J connectivity index is 5.74. The molecule has 0 aromatic carbocycles. The largest absolute Gasteiger partial charge is 0.366 e. The van der Waals surface area contributed by atoms with Crippen LogP contribution in [0.2, 0.25) is 0 Å². The summed E-state index contributed by atoms with van der Waals surface area (Å²) in [5.74, 6) is -2.38. The number of aliphatic hydroxyl groups excluding tert-OH is 1. The molecule has 0 heterocycles. The smallest absolute Gasteiger partial charge is 0.243 e. The fraction of sp³-hybridized carbons (Fsp3) is 0.810. The summed E-state index contributed by atoms with van der Waals surface area (Å²) in [4.78, 5) is 51.9. The van der Waals surface area contributed by atoms with Crippen LogP contribution in [0.5, 0.6) is 0 Å². The van der Waals surface area contributed by atoms with Crippen LogP contribution in [0.3, 0.4) is 0 Å². The van der Waals surface area contributed by atoms with Gasteiger partial charge in [0.2, 0.25) is 23.6 Å². The number of aliphatic hydroxyl groups is 2. The molecular formula is C21H41N5O6. The second kappa shape index (κ2) is 11.6. The van der Waals surface area contributed by atoms with Crippen molar-refractivity contribution >= 4 is 23.6 Å². The molecule has 0 saturated heterocycles. The molecule has 11 nitrogen and oxygen atoms in total. The highest BCUT2D eigenvalue weighted by atomic mass is 16.5. The van der Waals surface area contributed by atoms with Crippen LogP contribution in [0.15, 0.2) is 0 Å². The van der Waals surface area contributed by atoms with E-state index in [0.717, 1.165) is 0 Å². The predicted molar refractivity (Wildman–Crippen MR) is 120 cm³/mol. The fourth-order valence-corrected chi connectivity index (χ4v) is 2.52. The first kappa shape index (κ1) is 29.8. The molecule has 0 unspecified atom stereocenters. The maximum atomic E-state index is 13.1. The Hall–Kier alpha value is -2.24. The number of hydrogen-bond acceptors (Lipinski definition) is 7. The van der Waals surface area contributed by atoms with Gasteiger partial charge in [0.1, 0.15) is 12.1 Å². The summed E-state index contributed by atoms with van der Waals surface area (Å²) in [6.45, 7) is 12.0. The zero-order valence-corrected chi connectivity index (χ0v) is 20.6. The van der Waals surface area contributed by atoms with E-state index in [2.05, 4.69) is 16.0 Å². The fourth-order valence-electron chi connectivity index (χ4n) is 2.52. The summed E-state index contributed by atoms with van der Waals surface area (Å²) >= 11 is 0. The van der Waals surface area contributed by atoms with Gasteiger partial charge in [-0.15, -0.1) is 0 Å². The van der Waals surface area contributed by atoms with E-state index in [1.165, 1.54) is 25.9 Å². The van der Waals surface area contributed by atoms with Crippen LogP contribution in [-0.2, 0) is 19.2 Å². The summed E-state index contributed by atoms with van der Waals surface area (Å²) in [6, 6.07) is -4.24. The number of nitrogens with zero attached hydrogens (tertiary/aromatic N) is 1. The highest BCUT2D eigenvalue weighted by Crippen LogP contribution is 2.22. The average molecular weight is 460 g/mol. The molecule has 0 aliphatic heterocycles. The maximum absolute atomic E-state index is 13.1. The minimum Gasteiger partial charge on any atom is -0.366 e. The van der Waals surface area contributed by atoms with Gasteiger partial charge in [-0.1, -0.05) is 41.5 Å². The van der Waals surface area contributed by atoms with Crippen LogP contribution >= 0.6 is 0 Å². The van der Waals surface area contributed by atoms with Crippen LogP contribution in [0.25, 0.3) is 0 Å². The lowest BCUT2D eigenvalue weighted by Crippen LogP contribution is -2.61. The molecule has 0 saturated carbocycles. The van der Waals surface area contributed by atoms with Crippen molar-refractivity contribution in [2.75, 3.05) is 14.1 Å². The third-order valence-electron chi connectivity index (χ3n) is 4.96. The molecule has 0 aromatic heterocycles. The van der Waals surface area contributed by atoms with Gasteiger partial charge in [-0.2, -0.15) is 0 Å². The molecule has 0 bridgehead atoms. The van der Waals surface area contributed by atoms with Gasteiger partial charge in [0.25, 0.3) is 0 Å². The van der Waals surface area contributed by atoms with Crippen molar-refractivity contribution in [3.8, 4) is 0 Å². The second-order valence-electron chi connectivity index (χ2n) is 10.4. The van der Waals surface area contributed by atoms with Crippen LogP contribution in [0.1, 0.15) is 54.9 Å². The Morgan fingerprint density at radius 1 is 0.844 bits per heavy atom. The zero-order valence-electron chi connectivity index (χ0n) is 20.6. The molecule has 4 atom stereocenters. The lowest BCUT2D eigenvalue weighted by Gasteiger charge is -2.34. The van der Waals surface area contributed by atoms with E-state index in [1.54, 1.807) is 41.5 Å². The van der Waals surface area contributed by atoms with Crippen molar-refractivity contribution in [3.05, 3.63) is 0 Å². The van der Waals surface area contributed by atoms with Crippen molar-refractivity contribution in [1.29, 1.82) is 0 Å². The molecule has 186 valence electrons. The normalized spacial score (nSPS) is 15.9. The molecule has 7 N–H and O–H groups in total. The van der Waals surface area contributed by atoms with E-state index in [1.807, 2.05) is 0 Å². The second-order valence-corrected chi connectivity index (χ2v) is 10.4. The maximum Gasteiger partial charge on any atom is 0.243 e. The molecule has 11 heteroatoms. The first-order valence-electron chi connectivity index (χ1n) is 10.5. The van der Waals surface area contributed by atoms with Gasteiger partial charge in [0, 0.05) is 14.1 Å². The van der Waals surface area contributed by atoms with Crippen LogP contribution in [-0.4, -0.2) is 83.3 Å². The number of carbonyl (C=O) groups excluding carboxylic acids is 4. The standard InChI is InChI=1S/C21H41N5O6/c1-11(19(31)32)23-16(28)12(10-13(27)26(8)9)24-18(30)15(21(5,6)7)25-17(29)14(22)20(2,3)4/h11-12,14-15,19,31-32H,10,22H2,1-9H3,(H,23,28)(H,24,30)(H,25,29)/t11-,12-,14+,15+/m0/s1. The Kier molecular flexibility index (Phi) is 10.8. The van der Waals surface area contributed by atoms with E-state index < -0.39 is 64.9 Å². The highest BCUT2D eigenvalue weighted by molar-refractivity contribution is 5.95. The zero-order chi connectivity index (χ0) is 25.6. The molecule has 0 aliphatic carbocycles. The van der Waals surface area contributed by atoms with E-state index >= 15 is 0 Å². The number of carbonyl (C=O) groups is 4. The average Bonchev–Trinajstić information content (AvgIpc) is 2.62. The first-order chi connectivity index (χ1) is 14.3. The number of nitrogens with two attached hydrogens (primary N) is 1. The lowest BCUT2D eigenvalue weighted by molar-refractivity contribution is -0.139.